The van der Waals surface area contributed by atoms with E-state index in [0.717, 1.165) is 34.7 Å². The van der Waals surface area contributed by atoms with Crippen LogP contribution in [0.1, 0.15) is 31.3 Å². The molecule has 0 aliphatic heterocycles. The molecule has 5 heteroatoms. The first kappa shape index (κ1) is 16.6. The largest absolute Gasteiger partial charge is 0.312 e. The van der Waals surface area contributed by atoms with E-state index in [4.69, 9.17) is 4.98 Å². The summed E-state index contributed by atoms with van der Waals surface area (Å²) in [6, 6.07) is 4.98. The second-order valence-corrected chi connectivity index (χ2v) is 7.39. The van der Waals surface area contributed by atoms with Gasteiger partial charge in [0.05, 0.1) is 5.69 Å². The van der Waals surface area contributed by atoms with Crippen LogP contribution >= 0.6 is 27.3 Å². The highest BCUT2D eigenvalue weighted by atomic mass is 79.9. The summed E-state index contributed by atoms with van der Waals surface area (Å²) >= 11 is 4.98. The first-order valence-electron chi connectivity index (χ1n) is 7.16. The Balaban J connectivity index is 2.39. The average molecular weight is 371 g/mol. The first-order valence-corrected chi connectivity index (χ1v) is 8.77. The Morgan fingerprint density at radius 2 is 2.14 bits per heavy atom. The minimum Gasteiger partial charge on any atom is -0.312 e. The van der Waals surface area contributed by atoms with E-state index in [1.54, 1.807) is 23.5 Å². The predicted octanol–water partition coefficient (Wildman–Crippen LogP) is 5.02. The Morgan fingerprint density at radius 1 is 1.38 bits per heavy atom. The van der Waals surface area contributed by atoms with E-state index in [1.165, 1.54) is 10.9 Å². The molecule has 0 bridgehead atoms. The van der Waals surface area contributed by atoms with Crippen LogP contribution in [-0.2, 0) is 13.0 Å². The van der Waals surface area contributed by atoms with Crippen molar-refractivity contribution in [1.29, 1.82) is 0 Å². The predicted molar refractivity (Wildman–Crippen MR) is 91.1 cm³/mol. The molecule has 1 aromatic carbocycles. The fourth-order valence-corrected chi connectivity index (χ4v) is 3.52. The normalized spacial score (nSPS) is 11.3. The van der Waals surface area contributed by atoms with Gasteiger partial charge in [-0.15, -0.1) is 11.3 Å². The van der Waals surface area contributed by atoms with E-state index in [1.807, 2.05) is 0 Å². The van der Waals surface area contributed by atoms with Gasteiger partial charge in [0.25, 0.3) is 0 Å². The van der Waals surface area contributed by atoms with Gasteiger partial charge in [0, 0.05) is 21.5 Å². The van der Waals surface area contributed by atoms with E-state index in [-0.39, 0.29) is 5.82 Å². The maximum Gasteiger partial charge on any atom is 0.133 e. The Morgan fingerprint density at radius 3 is 2.81 bits per heavy atom. The summed E-state index contributed by atoms with van der Waals surface area (Å²) in [5, 5.41) is 4.10. The fourth-order valence-electron chi connectivity index (χ4n) is 2.08. The van der Waals surface area contributed by atoms with Gasteiger partial charge in [0.1, 0.15) is 10.8 Å². The van der Waals surface area contributed by atoms with Gasteiger partial charge in [0.2, 0.25) is 0 Å². The van der Waals surface area contributed by atoms with Crippen LogP contribution < -0.4 is 5.32 Å². The van der Waals surface area contributed by atoms with Crippen LogP contribution in [0.15, 0.2) is 22.7 Å². The minimum absolute atomic E-state index is 0.224. The highest BCUT2D eigenvalue weighted by Crippen LogP contribution is 2.32. The van der Waals surface area contributed by atoms with Gasteiger partial charge >= 0.3 is 0 Å². The molecule has 0 saturated heterocycles. The molecule has 0 aliphatic carbocycles. The molecular weight excluding hydrogens is 351 g/mol. The van der Waals surface area contributed by atoms with Crippen LogP contribution in [0.4, 0.5) is 4.39 Å². The van der Waals surface area contributed by atoms with Gasteiger partial charge in [-0.3, -0.25) is 0 Å². The number of hydrogen-bond acceptors (Lipinski definition) is 3. The van der Waals surface area contributed by atoms with Crippen molar-refractivity contribution in [2.45, 2.75) is 33.7 Å². The molecule has 1 N–H and O–H groups in total. The monoisotopic (exact) mass is 370 g/mol. The highest BCUT2D eigenvalue weighted by Gasteiger charge is 2.16. The van der Waals surface area contributed by atoms with Crippen molar-refractivity contribution in [3.8, 4) is 10.6 Å². The molecule has 0 saturated carbocycles. The number of nitrogens with zero attached hydrogens (tertiary/aromatic N) is 1. The van der Waals surface area contributed by atoms with Crippen molar-refractivity contribution in [2.75, 3.05) is 6.54 Å². The zero-order valence-corrected chi connectivity index (χ0v) is 14.9. The minimum atomic E-state index is -0.224. The molecule has 0 aliphatic rings. The van der Waals surface area contributed by atoms with Gasteiger partial charge in [-0.05, 0) is 37.1 Å². The molecule has 1 aromatic heterocycles. The van der Waals surface area contributed by atoms with Crippen molar-refractivity contribution < 1.29 is 4.39 Å². The molecule has 2 rings (SSSR count). The zero-order chi connectivity index (χ0) is 15.4. The molecule has 2 aromatic rings. The lowest BCUT2D eigenvalue weighted by Crippen LogP contribution is -2.12. The van der Waals surface area contributed by atoms with E-state index in [2.05, 4.69) is 42.0 Å². The Kier molecular flexibility index (Phi) is 5.90. The third-order valence-corrected chi connectivity index (χ3v) is 4.70. The highest BCUT2D eigenvalue weighted by molar-refractivity contribution is 9.10. The smallest absolute Gasteiger partial charge is 0.133 e. The van der Waals surface area contributed by atoms with E-state index < -0.39 is 0 Å². The fraction of sp³-hybridized carbons (Fsp3) is 0.438. The number of rotatable bonds is 6. The van der Waals surface area contributed by atoms with Crippen LogP contribution in [-0.4, -0.2) is 11.5 Å². The van der Waals surface area contributed by atoms with Crippen LogP contribution in [0.3, 0.4) is 0 Å². The zero-order valence-electron chi connectivity index (χ0n) is 12.5. The van der Waals surface area contributed by atoms with E-state index >= 15 is 0 Å². The molecule has 0 fully saturated rings. The second-order valence-electron chi connectivity index (χ2n) is 5.39. The SMILES string of the molecule is CCNCc1sc(-c2cc(Br)ccc2F)nc1CC(C)C. The van der Waals surface area contributed by atoms with Crippen LogP contribution in [0, 0.1) is 11.7 Å². The summed E-state index contributed by atoms with van der Waals surface area (Å²) in [6.07, 6.45) is 0.923. The molecular formula is C16H20BrFN2S. The third-order valence-electron chi connectivity index (χ3n) is 3.07. The lowest BCUT2D eigenvalue weighted by atomic mass is 10.1. The molecule has 1 heterocycles. The molecule has 0 unspecified atom stereocenters. The summed E-state index contributed by atoms with van der Waals surface area (Å²) in [5.41, 5.74) is 1.66. The van der Waals surface area contributed by atoms with Crippen LogP contribution in [0.5, 0.6) is 0 Å². The third kappa shape index (κ3) is 4.34. The molecule has 2 nitrogen and oxygen atoms in total. The number of halogens is 2. The number of thiazole rings is 1. The number of benzene rings is 1. The Labute approximate surface area is 137 Å². The summed E-state index contributed by atoms with van der Waals surface area (Å²) in [6.45, 7) is 8.15. The summed E-state index contributed by atoms with van der Waals surface area (Å²) in [7, 11) is 0. The number of hydrogen-bond donors (Lipinski definition) is 1. The van der Waals surface area contributed by atoms with Gasteiger partial charge in [-0.2, -0.15) is 0 Å². The molecule has 0 spiro atoms. The quantitative estimate of drug-likeness (QED) is 0.771. The maximum absolute atomic E-state index is 14.0. The van der Waals surface area contributed by atoms with Crippen LogP contribution in [0.2, 0.25) is 0 Å². The summed E-state index contributed by atoms with van der Waals surface area (Å²) in [4.78, 5) is 5.90. The molecule has 21 heavy (non-hydrogen) atoms. The summed E-state index contributed by atoms with van der Waals surface area (Å²) in [5.74, 6) is 0.311. The number of nitrogens with one attached hydrogen (secondary N) is 1. The standard InChI is InChI=1S/C16H20BrFN2S/c1-4-19-9-15-14(7-10(2)3)20-16(21-15)12-8-11(17)5-6-13(12)18/h5-6,8,10,19H,4,7,9H2,1-3H3. The average Bonchev–Trinajstić information content (AvgIpc) is 2.81. The lowest BCUT2D eigenvalue weighted by Gasteiger charge is -2.04. The molecule has 0 radical (unpaired) electrons. The number of aromatic nitrogens is 1. The van der Waals surface area contributed by atoms with Crippen molar-refractivity contribution in [1.82, 2.24) is 10.3 Å². The lowest BCUT2D eigenvalue weighted by molar-refractivity contribution is 0.625. The van der Waals surface area contributed by atoms with Crippen LogP contribution in [0.25, 0.3) is 10.6 Å². The van der Waals surface area contributed by atoms with Gasteiger partial charge in [0.15, 0.2) is 0 Å². The van der Waals surface area contributed by atoms with Crippen molar-refractivity contribution in [3.63, 3.8) is 0 Å². The van der Waals surface area contributed by atoms with Crippen molar-refractivity contribution >= 4 is 27.3 Å². The van der Waals surface area contributed by atoms with Crippen molar-refractivity contribution in [3.05, 3.63) is 39.1 Å². The summed E-state index contributed by atoms with van der Waals surface area (Å²) < 4.78 is 14.9. The maximum atomic E-state index is 14.0. The molecule has 0 atom stereocenters. The molecule has 0 amide bonds. The van der Waals surface area contributed by atoms with Crippen molar-refractivity contribution in [2.24, 2.45) is 5.92 Å². The van der Waals surface area contributed by atoms with Gasteiger partial charge in [-0.25, -0.2) is 9.37 Å². The van der Waals surface area contributed by atoms with E-state index in [9.17, 15) is 4.39 Å². The Hall–Kier alpha value is -0.780. The van der Waals surface area contributed by atoms with Gasteiger partial charge in [-0.1, -0.05) is 36.7 Å². The first-order chi connectivity index (χ1) is 10.0. The Bertz CT molecular complexity index is 610. The van der Waals surface area contributed by atoms with Gasteiger partial charge < -0.3 is 5.32 Å². The van der Waals surface area contributed by atoms with E-state index in [0.29, 0.717) is 11.5 Å². The molecule has 114 valence electrons. The topological polar surface area (TPSA) is 24.9 Å². The second kappa shape index (κ2) is 7.47.